The molecule has 1 atom stereocenters. The zero-order chi connectivity index (χ0) is 17.0. The van der Waals surface area contributed by atoms with E-state index in [1.807, 2.05) is 25.1 Å². The number of amides is 1. The molecular formula is C16H21BrN2O4. The van der Waals surface area contributed by atoms with Gasteiger partial charge in [0.2, 0.25) is 0 Å². The molecule has 6 nitrogen and oxygen atoms in total. The summed E-state index contributed by atoms with van der Waals surface area (Å²) in [6.07, 6.45) is -0.179. The second kappa shape index (κ2) is 7.90. The third kappa shape index (κ3) is 5.02. The Morgan fingerprint density at radius 2 is 2.22 bits per heavy atom. The summed E-state index contributed by atoms with van der Waals surface area (Å²) in [4.78, 5) is 26.8. The first-order valence-corrected chi connectivity index (χ1v) is 8.23. The fourth-order valence-electron chi connectivity index (χ4n) is 2.62. The predicted octanol–water partition coefficient (Wildman–Crippen LogP) is 1.61. The number of ether oxygens (including phenoxy) is 1. The van der Waals surface area contributed by atoms with Gasteiger partial charge in [-0.2, -0.15) is 0 Å². The molecule has 1 amide bonds. The molecule has 1 heterocycles. The van der Waals surface area contributed by atoms with Crippen molar-refractivity contribution in [3.8, 4) is 0 Å². The van der Waals surface area contributed by atoms with E-state index in [4.69, 9.17) is 9.84 Å². The van der Waals surface area contributed by atoms with Crippen molar-refractivity contribution < 1.29 is 19.4 Å². The van der Waals surface area contributed by atoms with Gasteiger partial charge >= 0.3 is 5.97 Å². The van der Waals surface area contributed by atoms with Gasteiger partial charge in [-0.15, -0.1) is 0 Å². The van der Waals surface area contributed by atoms with Crippen LogP contribution in [-0.4, -0.2) is 72.7 Å². The second-order valence-electron chi connectivity index (χ2n) is 5.82. The van der Waals surface area contributed by atoms with E-state index in [1.165, 1.54) is 0 Å². The highest BCUT2D eigenvalue weighted by molar-refractivity contribution is 9.10. The molecule has 1 aromatic rings. The van der Waals surface area contributed by atoms with Gasteiger partial charge in [0.15, 0.2) is 0 Å². The van der Waals surface area contributed by atoms with Gasteiger partial charge in [0.05, 0.1) is 24.8 Å². The van der Waals surface area contributed by atoms with Crippen LogP contribution in [0.5, 0.6) is 0 Å². The maximum Gasteiger partial charge on any atom is 0.317 e. The summed E-state index contributed by atoms with van der Waals surface area (Å²) in [7, 11) is 1.73. The van der Waals surface area contributed by atoms with Crippen LogP contribution in [0.25, 0.3) is 0 Å². The quantitative estimate of drug-likeness (QED) is 0.834. The molecule has 1 fully saturated rings. The van der Waals surface area contributed by atoms with Gasteiger partial charge in [0, 0.05) is 24.1 Å². The second-order valence-corrected chi connectivity index (χ2v) is 6.67. The van der Waals surface area contributed by atoms with E-state index in [1.54, 1.807) is 16.8 Å². The number of aliphatic carboxylic acids is 1. The van der Waals surface area contributed by atoms with E-state index in [0.717, 1.165) is 10.0 Å². The Balaban J connectivity index is 2.00. The number of hydrogen-bond acceptors (Lipinski definition) is 4. The van der Waals surface area contributed by atoms with Gasteiger partial charge in [-0.05, 0) is 47.6 Å². The van der Waals surface area contributed by atoms with Crippen molar-refractivity contribution in [2.24, 2.45) is 0 Å². The van der Waals surface area contributed by atoms with E-state index < -0.39 is 5.97 Å². The SMILES string of the molecule is Cc1ccc(C(=O)N2CCOC(CN(C)CC(=O)O)C2)c(Br)c1. The minimum atomic E-state index is -0.875. The molecule has 1 aliphatic rings. The molecule has 0 aliphatic carbocycles. The maximum atomic E-state index is 12.7. The first kappa shape index (κ1) is 17.9. The summed E-state index contributed by atoms with van der Waals surface area (Å²) in [5.74, 6) is -0.911. The summed E-state index contributed by atoms with van der Waals surface area (Å²) < 4.78 is 6.44. The minimum absolute atomic E-state index is 0.0361. The van der Waals surface area contributed by atoms with Gasteiger partial charge in [0.1, 0.15) is 0 Å². The van der Waals surface area contributed by atoms with Gasteiger partial charge < -0.3 is 14.7 Å². The number of carbonyl (C=O) groups excluding carboxylic acids is 1. The van der Waals surface area contributed by atoms with E-state index in [9.17, 15) is 9.59 Å². The maximum absolute atomic E-state index is 12.7. The van der Waals surface area contributed by atoms with Gasteiger partial charge in [-0.1, -0.05) is 6.07 Å². The molecule has 0 bridgehead atoms. The lowest BCUT2D eigenvalue weighted by Crippen LogP contribution is -2.49. The highest BCUT2D eigenvalue weighted by atomic mass is 79.9. The number of halogens is 1. The third-order valence-corrected chi connectivity index (χ3v) is 4.36. The van der Waals surface area contributed by atoms with Crippen LogP contribution in [0.3, 0.4) is 0 Å². The molecule has 23 heavy (non-hydrogen) atoms. The van der Waals surface area contributed by atoms with Crippen molar-refractivity contribution in [2.45, 2.75) is 13.0 Å². The van der Waals surface area contributed by atoms with Crippen molar-refractivity contribution >= 4 is 27.8 Å². The molecule has 1 aromatic carbocycles. The smallest absolute Gasteiger partial charge is 0.317 e. The summed E-state index contributed by atoms with van der Waals surface area (Å²) in [5, 5.41) is 8.80. The van der Waals surface area contributed by atoms with Crippen molar-refractivity contribution in [3.05, 3.63) is 33.8 Å². The van der Waals surface area contributed by atoms with Crippen LogP contribution in [0, 0.1) is 6.92 Å². The fourth-order valence-corrected chi connectivity index (χ4v) is 3.28. The van der Waals surface area contributed by atoms with Gasteiger partial charge in [-0.25, -0.2) is 0 Å². The number of morpholine rings is 1. The largest absolute Gasteiger partial charge is 0.480 e. The number of benzene rings is 1. The van der Waals surface area contributed by atoms with E-state index in [-0.39, 0.29) is 18.6 Å². The minimum Gasteiger partial charge on any atom is -0.480 e. The predicted molar refractivity (Wildman–Crippen MR) is 89.7 cm³/mol. The number of carbonyl (C=O) groups is 2. The number of rotatable bonds is 5. The zero-order valence-electron chi connectivity index (χ0n) is 13.3. The molecule has 0 radical (unpaired) electrons. The van der Waals surface area contributed by atoms with E-state index in [0.29, 0.717) is 31.8 Å². The summed E-state index contributed by atoms with van der Waals surface area (Å²) in [5.41, 5.74) is 1.72. The van der Waals surface area contributed by atoms with Gasteiger partial charge in [0.25, 0.3) is 5.91 Å². The molecule has 0 spiro atoms. The number of aryl methyl sites for hydroxylation is 1. The Morgan fingerprint density at radius 3 is 2.87 bits per heavy atom. The number of carboxylic acids is 1. The highest BCUT2D eigenvalue weighted by Crippen LogP contribution is 2.21. The molecule has 0 saturated carbocycles. The zero-order valence-corrected chi connectivity index (χ0v) is 14.9. The van der Waals surface area contributed by atoms with E-state index >= 15 is 0 Å². The normalized spacial score (nSPS) is 18.3. The average molecular weight is 385 g/mol. The van der Waals surface area contributed by atoms with Crippen molar-refractivity contribution in [1.29, 1.82) is 0 Å². The lowest BCUT2D eigenvalue weighted by atomic mass is 10.1. The molecule has 126 valence electrons. The molecule has 1 N–H and O–H groups in total. The van der Waals surface area contributed by atoms with Crippen molar-refractivity contribution in [1.82, 2.24) is 9.80 Å². The third-order valence-electron chi connectivity index (χ3n) is 3.70. The lowest BCUT2D eigenvalue weighted by molar-refractivity contribution is -0.138. The first-order chi connectivity index (χ1) is 10.9. The van der Waals surface area contributed by atoms with Crippen LogP contribution in [-0.2, 0) is 9.53 Å². The van der Waals surface area contributed by atoms with Crippen molar-refractivity contribution in [2.75, 3.05) is 39.8 Å². The van der Waals surface area contributed by atoms with Crippen LogP contribution in [0.1, 0.15) is 15.9 Å². The van der Waals surface area contributed by atoms with Gasteiger partial charge in [-0.3, -0.25) is 14.5 Å². The average Bonchev–Trinajstić information content (AvgIpc) is 2.46. The monoisotopic (exact) mass is 384 g/mol. The number of hydrogen-bond donors (Lipinski definition) is 1. The fraction of sp³-hybridized carbons (Fsp3) is 0.500. The Bertz CT molecular complexity index is 593. The topological polar surface area (TPSA) is 70.1 Å². The number of carboxylic acid groups (broad SMARTS) is 1. The molecular weight excluding hydrogens is 364 g/mol. The van der Waals surface area contributed by atoms with Crippen LogP contribution >= 0.6 is 15.9 Å². The molecule has 1 aliphatic heterocycles. The molecule has 1 unspecified atom stereocenters. The summed E-state index contributed by atoms with van der Waals surface area (Å²) in [6, 6.07) is 5.66. The Labute approximate surface area is 144 Å². The van der Waals surface area contributed by atoms with Crippen LogP contribution < -0.4 is 0 Å². The molecule has 0 aromatic heterocycles. The Hall–Kier alpha value is -1.44. The number of likely N-dealkylation sites (N-methyl/N-ethyl adjacent to an activating group) is 1. The molecule has 2 rings (SSSR count). The Kier molecular flexibility index (Phi) is 6.15. The first-order valence-electron chi connectivity index (χ1n) is 7.44. The summed E-state index contributed by atoms with van der Waals surface area (Å²) in [6.45, 7) is 3.87. The Morgan fingerprint density at radius 1 is 1.48 bits per heavy atom. The number of nitrogens with zero attached hydrogens (tertiary/aromatic N) is 2. The van der Waals surface area contributed by atoms with Crippen LogP contribution in [0.4, 0.5) is 0 Å². The van der Waals surface area contributed by atoms with E-state index in [2.05, 4.69) is 15.9 Å². The summed E-state index contributed by atoms with van der Waals surface area (Å²) >= 11 is 3.44. The highest BCUT2D eigenvalue weighted by Gasteiger charge is 2.27. The van der Waals surface area contributed by atoms with Crippen LogP contribution in [0.15, 0.2) is 22.7 Å². The van der Waals surface area contributed by atoms with Crippen molar-refractivity contribution in [3.63, 3.8) is 0 Å². The molecule has 1 saturated heterocycles. The molecule has 7 heteroatoms. The lowest BCUT2D eigenvalue weighted by Gasteiger charge is -2.34. The van der Waals surface area contributed by atoms with Crippen LogP contribution in [0.2, 0.25) is 0 Å². The standard InChI is InChI=1S/C16H21BrN2O4/c1-11-3-4-13(14(17)7-11)16(22)19-5-6-23-12(9-19)8-18(2)10-15(20)21/h3-4,7,12H,5-6,8-10H2,1-2H3,(H,20,21).